The Morgan fingerprint density at radius 2 is 1.62 bits per heavy atom. The molecule has 1 aliphatic rings. The zero-order valence-corrected chi connectivity index (χ0v) is 14.2. The third-order valence-corrected chi connectivity index (χ3v) is 2.83. The molecule has 142 valence electrons. The van der Waals surface area contributed by atoms with Crippen LogP contribution in [0, 0.1) is 0 Å². The number of esters is 4. The summed E-state index contributed by atoms with van der Waals surface area (Å²) in [7, 11) is 2.34. The van der Waals surface area contributed by atoms with Gasteiger partial charge in [-0.2, -0.15) is 5.10 Å². The minimum Gasteiger partial charge on any atom is -0.466 e. The molecule has 26 heavy (non-hydrogen) atoms. The molecule has 0 aromatic carbocycles. The van der Waals surface area contributed by atoms with Gasteiger partial charge in [-0.3, -0.25) is 5.43 Å². The average Bonchev–Trinajstić information content (AvgIpc) is 3.14. The van der Waals surface area contributed by atoms with E-state index in [9.17, 15) is 19.2 Å². The topological polar surface area (TPSA) is 133 Å². The smallest absolute Gasteiger partial charge is 0.331 e. The Kier molecular flexibility index (Phi) is 8.93. The van der Waals surface area contributed by atoms with E-state index in [1.807, 2.05) is 0 Å². The Morgan fingerprint density at radius 3 is 2.15 bits per heavy atom. The molecular formula is C15H19N3O8. The van der Waals surface area contributed by atoms with Crippen LogP contribution >= 0.6 is 0 Å². The maximum absolute atomic E-state index is 11.7. The lowest BCUT2D eigenvalue weighted by molar-refractivity contribution is -0.153. The molecule has 0 bridgehead atoms. The number of hydrogen-bond donors (Lipinski definition) is 1. The van der Waals surface area contributed by atoms with Gasteiger partial charge >= 0.3 is 23.9 Å². The lowest BCUT2D eigenvalue weighted by Crippen LogP contribution is -2.37. The number of carbonyl (C=O) groups is 4. The summed E-state index contributed by atoms with van der Waals surface area (Å²) in [6.07, 6.45) is 4.24. The summed E-state index contributed by atoms with van der Waals surface area (Å²) in [5.74, 6) is -3.05. The number of hydrogen-bond acceptors (Lipinski definition) is 11. The Labute approximate surface area is 149 Å². The standard InChI is InChI=1S/C15H19N3O8/c1-23-12(19)3-5-14(21)25-8-11(7-18-9-16-17-10-18)26-15(22)6-4-13(20)24-2/h3-6,9,11,17H,7-8,10H2,1-2H3/b5-3+,6-4+. The summed E-state index contributed by atoms with van der Waals surface area (Å²) in [4.78, 5) is 46.9. The predicted octanol–water partition coefficient (Wildman–Crippen LogP) is -1.29. The number of nitrogens with one attached hydrogen (secondary N) is 1. The fourth-order valence-electron chi connectivity index (χ4n) is 1.63. The summed E-state index contributed by atoms with van der Waals surface area (Å²) in [6.45, 7) is 0.303. The molecule has 0 saturated carbocycles. The van der Waals surface area contributed by atoms with Crippen LogP contribution in [0.5, 0.6) is 0 Å². The van der Waals surface area contributed by atoms with Crippen molar-refractivity contribution in [3.05, 3.63) is 24.3 Å². The van der Waals surface area contributed by atoms with E-state index >= 15 is 0 Å². The summed E-state index contributed by atoms with van der Waals surface area (Å²) >= 11 is 0. The van der Waals surface area contributed by atoms with Gasteiger partial charge in [-0.1, -0.05) is 0 Å². The summed E-state index contributed by atoms with van der Waals surface area (Å²) in [5.41, 5.74) is 2.69. The lowest BCUT2D eigenvalue weighted by atomic mass is 10.3. The second-order valence-electron chi connectivity index (χ2n) is 4.73. The molecule has 11 nitrogen and oxygen atoms in total. The van der Waals surface area contributed by atoms with Crippen LogP contribution in [0.3, 0.4) is 0 Å². The molecule has 0 saturated heterocycles. The molecule has 1 rings (SSSR count). The molecule has 11 heteroatoms. The van der Waals surface area contributed by atoms with Crippen LogP contribution in [0.4, 0.5) is 0 Å². The molecule has 1 atom stereocenters. The van der Waals surface area contributed by atoms with E-state index in [1.54, 1.807) is 4.90 Å². The highest BCUT2D eigenvalue weighted by Crippen LogP contribution is 2.02. The van der Waals surface area contributed by atoms with Gasteiger partial charge in [0.05, 0.1) is 20.8 Å². The molecule has 1 unspecified atom stereocenters. The van der Waals surface area contributed by atoms with Crippen molar-refractivity contribution in [2.75, 3.05) is 34.0 Å². The maximum Gasteiger partial charge on any atom is 0.331 e. The highest BCUT2D eigenvalue weighted by Gasteiger charge is 2.19. The van der Waals surface area contributed by atoms with E-state index < -0.39 is 30.0 Å². The van der Waals surface area contributed by atoms with Crippen LogP contribution in [0.2, 0.25) is 0 Å². The van der Waals surface area contributed by atoms with Gasteiger partial charge < -0.3 is 23.8 Å². The first-order chi connectivity index (χ1) is 12.4. The molecule has 0 fully saturated rings. The maximum atomic E-state index is 11.7. The molecule has 1 N–H and O–H groups in total. The van der Waals surface area contributed by atoms with Gasteiger partial charge in [-0.15, -0.1) is 0 Å². The lowest BCUT2D eigenvalue weighted by Gasteiger charge is -2.21. The van der Waals surface area contributed by atoms with Crippen molar-refractivity contribution in [2.24, 2.45) is 5.10 Å². The first kappa shape index (κ1) is 20.7. The second kappa shape index (κ2) is 11.2. The van der Waals surface area contributed by atoms with Crippen LogP contribution in [0.25, 0.3) is 0 Å². The van der Waals surface area contributed by atoms with E-state index in [0.29, 0.717) is 6.67 Å². The predicted molar refractivity (Wildman–Crippen MR) is 86.4 cm³/mol. The zero-order valence-electron chi connectivity index (χ0n) is 14.2. The molecule has 1 heterocycles. The van der Waals surface area contributed by atoms with Crippen molar-refractivity contribution in [3.8, 4) is 0 Å². The normalized spacial score (nSPS) is 14.2. The van der Waals surface area contributed by atoms with Gasteiger partial charge in [-0.05, 0) is 0 Å². The summed E-state index contributed by atoms with van der Waals surface area (Å²) in [6, 6.07) is 0. The molecule has 0 radical (unpaired) electrons. The molecule has 0 aromatic heterocycles. The molecule has 0 aliphatic carbocycles. The highest BCUT2D eigenvalue weighted by atomic mass is 16.6. The number of rotatable bonds is 9. The van der Waals surface area contributed by atoms with E-state index in [-0.39, 0.29) is 13.2 Å². The first-order valence-electron chi connectivity index (χ1n) is 7.34. The van der Waals surface area contributed by atoms with Gasteiger partial charge in [0.15, 0.2) is 6.10 Å². The van der Waals surface area contributed by atoms with E-state index in [4.69, 9.17) is 9.47 Å². The highest BCUT2D eigenvalue weighted by molar-refractivity contribution is 5.92. The van der Waals surface area contributed by atoms with Crippen LogP contribution in [-0.4, -0.2) is 75.3 Å². The molecular weight excluding hydrogens is 350 g/mol. The van der Waals surface area contributed by atoms with Gasteiger partial charge in [0.25, 0.3) is 0 Å². The van der Waals surface area contributed by atoms with Crippen molar-refractivity contribution >= 4 is 30.2 Å². The van der Waals surface area contributed by atoms with Crippen molar-refractivity contribution in [2.45, 2.75) is 6.10 Å². The van der Waals surface area contributed by atoms with E-state index in [2.05, 4.69) is 20.0 Å². The third-order valence-electron chi connectivity index (χ3n) is 2.83. The Hall–Kier alpha value is -3.37. The average molecular weight is 369 g/mol. The summed E-state index contributed by atoms with van der Waals surface area (Å²) in [5, 5.41) is 3.79. The van der Waals surface area contributed by atoms with E-state index in [0.717, 1.165) is 24.3 Å². The number of nitrogens with zero attached hydrogens (tertiary/aromatic N) is 2. The number of hydrazone groups is 1. The fourth-order valence-corrected chi connectivity index (χ4v) is 1.63. The number of carbonyl (C=O) groups excluding carboxylic acids is 4. The molecule has 1 aliphatic heterocycles. The third kappa shape index (κ3) is 8.47. The van der Waals surface area contributed by atoms with Crippen LogP contribution in [0.15, 0.2) is 29.4 Å². The van der Waals surface area contributed by atoms with Gasteiger partial charge in [0.1, 0.15) is 19.6 Å². The van der Waals surface area contributed by atoms with Crippen LogP contribution < -0.4 is 5.43 Å². The van der Waals surface area contributed by atoms with Crippen molar-refractivity contribution in [1.29, 1.82) is 0 Å². The number of methoxy groups -OCH3 is 2. The van der Waals surface area contributed by atoms with Gasteiger partial charge in [0, 0.05) is 24.3 Å². The molecule has 0 amide bonds. The van der Waals surface area contributed by atoms with Crippen LogP contribution in [-0.2, 0) is 38.1 Å². The molecule has 0 spiro atoms. The fraction of sp³-hybridized carbons (Fsp3) is 0.400. The van der Waals surface area contributed by atoms with E-state index in [1.165, 1.54) is 20.6 Å². The number of ether oxygens (including phenoxy) is 4. The van der Waals surface area contributed by atoms with Crippen molar-refractivity contribution < 1.29 is 38.1 Å². The SMILES string of the molecule is COC(=O)/C=C/C(=O)OCC(CN1C=NNC1)OC(=O)/C=C/C(=O)OC. The minimum atomic E-state index is -0.841. The van der Waals surface area contributed by atoms with Gasteiger partial charge in [-0.25, -0.2) is 19.2 Å². The molecule has 0 aromatic rings. The second-order valence-corrected chi connectivity index (χ2v) is 4.73. The minimum absolute atomic E-state index is 0.183. The Bertz CT molecular complexity index is 614. The quantitative estimate of drug-likeness (QED) is 0.297. The monoisotopic (exact) mass is 369 g/mol. The first-order valence-corrected chi connectivity index (χ1v) is 7.34. The van der Waals surface area contributed by atoms with Gasteiger partial charge in [0.2, 0.25) is 0 Å². The Morgan fingerprint density at radius 1 is 1.04 bits per heavy atom. The summed E-state index contributed by atoms with van der Waals surface area (Å²) < 4.78 is 18.8. The van der Waals surface area contributed by atoms with Crippen molar-refractivity contribution in [3.63, 3.8) is 0 Å². The largest absolute Gasteiger partial charge is 0.466 e. The van der Waals surface area contributed by atoms with Crippen molar-refractivity contribution in [1.82, 2.24) is 10.3 Å². The Balaban J connectivity index is 2.59. The van der Waals surface area contributed by atoms with Crippen LogP contribution in [0.1, 0.15) is 0 Å². The zero-order chi connectivity index (χ0) is 19.4.